The molecular weight excluding hydrogens is 228 g/mol. The van der Waals surface area contributed by atoms with Crippen molar-refractivity contribution in [1.29, 1.82) is 0 Å². The number of aromatic nitrogens is 1. The van der Waals surface area contributed by atoms with Gasteiger partial charge in [0.1, 0.15) is 5.75 Å². The van der Waals surface area contributed by atoms with Gasteiger partial charge in [0.25, 0.3) is 5.91 Å². The number of rotatable bonds is 2. The van der Waals surface area contributed by atoms with E-state index in [0.717, 1.165) is 11.3 Å². The Labute approximate surface area is 105 Å². The minimum atomic E-state index is -0.114. The normalized spacial score (nSPS) is 10.1. The number of hydrogen-bond donors (Lipinski definition) is 2. The van der Waals surface area contributed by atoms with E-state index in [-0.39, 0.29) is 11.7 Å². The summed E-state index contributed by atoms with van der Waals surface area (Å²) in [6, 6.07) is 10.5. The molecule has 2 rings (SSSR count). The highest BCUT2D eigenvalue weighted by Gasteiger charge is 2.05. The molecule has 0 unspecified atom stereocenters. The average molecular weight is 242 g/mol. The predicted octanol–water partition coefficient (Wildman–Crippen LogP) is 2.12. The predicted molar refractivity (Wildman–Crippen MR) is 69.5 cm³/mol. The third-order valence-electron chi connectivity index (χ3n) is 2.73. The number of carbonyl (C=O) groups is 1. The van der Waals surface area contributed by atoms with Gasteiger partial charge in [0.05, 0.1) is 11.4 Å². The summed E-state index contributed by atoms with van der Waals surface area (Å²) in [4.78, 5) is 15.7. The minimum Gasteiger partial charge on any atom is -0.506 e. The topological polar surface area (TPSA) is 62.2 Å². The first-order chi connectivity index (χ1) is 8.61. The summed E-state index contributed by atoms with van der Waals surface area (Å²) in [5.74, 6) is 0.0668. The van der Waals surface area contributed by atoms with Crippen molar-refractivity contribution in [2.24, 2.45) is 0 Å². The van der Waals surface area contributed by atoms with Crippen molar-refractivity contribution >= 4 is 5.91 Å². The van der Waals surface area contributed by atoms with Crippen molar-refractivity contribution in [2.45, 2.75) is 6.92 Å². The van der Waals surface area contributed by atoms with Crippen LogP contribution < -0.4 is 5.32 Å². The van der Waals surface area contributed by atoms with Gasteiger partial charge in [-0.05, 0) is 31.2 Å². The van der Waals surface area contributed by atoms with Crippen molar-refractivity contribution in [3.8, 4) is 17.0 Å². The quantitative estimate of drug-likeness (QED) is 0.848. The molecule has 4 heteroatoms. The van der Waals surface area contributed by atoms with E-state index in [0.29, 0.717) is 11.3 Å². The van der Waals surface area contributed by atoms with Crippen molar-refractivity contribution in [3.63, 3.8) is 0 Å². The Morgan fingerprint density at radius 3 is 2.39 bits per heavy atom. The molecule has 18 heavy (non-hydrogen) atoms. The molecule has 2 aromatic rings. The van der Waals surface area contributed by atoms with Crippen LogP contribution in [0.15, 0.2) is 36.4 Å². The van der Waals surface area contributed by atoms with Gasteiger partial charge in [-0.2, -0.15) is 0 Å². The van der Waals surface area contributed by atoms with Gasteiger partial charge in [0.2, 0.25) is 0 Å². The molecule has 92 valence electrons. The van der Waals surface area contributed by atoms with E-state index in [9.17, 15) is 9.90 Å². The third kappa shape index (κ3) is 2.32. The molecule has 0 spiro atoms. The first-order valence-electron chi connectivity index (χ1n) is 5.61. The van der Waals surface area contributed by atoms with Crippen molar-refractivity contribution in [1.82, 2.24) is 10.3 Å². The van der Waals surface area contributed by atoms with Crippen molar-refractivity contribution in [3.05, 3.63) is 47.7 Å². The molecule has 1 aromatic carbocycles. The maximum atomic E-state index is 11.4. The fraction of sp³-hybridized carbons (Fsp3) is 0.143. The second-order valence-corrected chi connectivity index (χ2v) is 3.96. The van der Waals surface area contributed by atoms with Gasteiger partial charge in [0, 0.05) is 18.2 Å². The van der Waals surface area contributed by atoms with E-state index in [2.05, 4.69) is 10.3 Å². The summed E-state index contributed by atoms with van der Waals surface area (Å²) in [7, 11) is 1.60. The smallest absolute Gasteiger partial charge is 0.251 e. The van der Waals surface area contributed by atoms with Crippen LogP contribution in [0.3, 0.4) is 0 Å². The lowest BCUT2D eigenvalue weighted by Gasteiger charge is -2.05. The second kappa shape index (κ2) is 4.87. The summed E-state index contributed by atoms with van der Waals surface area (Å²) in [5.41, 5.74) is 2.87. The monoisotopic (exact) mass is 242 g/mol. The summed E-state index contributed by atoms with van der Waals surface area (Å²) < 4.78 is 0. The van der Waals surface area contributed by atoms with E-state index >= 15 is 0 Å². The Bertz CT molecular complexity index is 577. The first-order valence-corrected chi connectivity index (χ1v) is 5.61. The maximum Gasteiger partial charge on any atom is 0.251 e. The van der Waals surface area contributed by atoms with Crippen LogP contribution in [0.5, 0.6) is 5.75 Å². The maximum absolute atomic E-state index is 11.4. The zero-order chi connectivity index (χ0) is 13.1. The highest BCUT2D eigenvalue weighted by Crippen LogP contribution is 2.22. The lowest BCUT2D eigenvalue weighted by molar-refractivity contribution is 0.0963. The molecule has 0 bridgehead atoms. The Morgan fingerprint density at radius 1 is 1.17 bits per heavy atom. The SMILES string of the molecule is CNC(=O)c1ccc(-c2ccc(O)c(C)n2)cc1. The summed E-state index contributed by atoms with van der Waals surface area (Å²) in [6.07, 6.45) is 0. The van der Waals surface area contributed by atoms with Crippen LogP contribution in [0.4, 0.5) is 0 Å². The van der Waals surface area contributed by atoms with Gasteiger partial charge in [-0.3, -0.25) is 4.79 Å². The van der Waals surface area contributed by atoms with E-state index in [1.165, 1.54) is 0 Å². The zero-order valence-electron chi connectivity index (χ0n) is 10.3. The summed E-state index contributed by atoms with van der Waals surface area (Å²) in [6.45, 7) is 1.75. The fourth-order valence-corrected chi connectivity index (χ4v) is 1.65. The lowest BCUT2D eigenvalue weighted by atomic mass is 10.1. The number of amides is 1. The van der Waals surface area contributed by atoms with Crippen LogP contribution in [-0.4, -0.2) is 23.0 Å². The van der Waals surface area contributed by atoms with Crippen molar-refractivity contribution in [2.75, 3.05) is 7.05 Å². The molecule has 4 nitrogen and oxygen atoms in total. The van der Waals surface area contributed by atoms with Crippen molar-refractivity contribution < 1.29 is 9.90 Å². The van der Waals surface area contributed by atoms with Gasteiger partial charge >= 0.3 is 0 Å². The molecule has 0 aliphatic rings. The number of nitrogens with one attached hydrogen (secondary N) is 1. The molecule has 1 heterocycles. The molecular formula is C14H14N2O2. The molecule has 0 fully saturated rings. The first kappa shape index (κ1) is 12.1. The Hall–Kier alpha value is -2.36. The van der Waals surface area contributed by atoms with Gasteiger partial charge in [-0.25, -0.2) is 4.98 Å². The third-order valence-corrected chi connectivity index (χ3v) is 2.73. The Morgan fingerprint density at radius 2 is 1.83 bits per heavy atom. The molecule has 0 radical (unpaired) electrons. The van der Waals surface area contributed by atoms with Crippen LogP contribution in [0.25, 0.3) is 11.3 Å². The molecule has 0 saturated heterocycles. The van der Waals surface area contributed by atoms with Gasteiger partial charge < -0.3 is 10.4 Å². The van der Waals surface area contributed by atoms with Crippen LogP contribution >= 0.6 is 0 Å². The molecule has 0 aliphatic carbocycles. The Balaban J connectivity index is 2.34. The lowest BCUT2D eigenvalue weighted by Crippen LogP contribution is -2.17. The number of hydrogen-bond acceptors (Lipinski definition) is 3. The van der Waals surface area contributed by atoms with Gasteiger partial charge in [-0.1, -0.05) is 12.1 Å². The van der Waals surface area contributed by atoms with E-state index in [1.54, 1.807) is 38.2 Å². The molecule has 1 amide bonds. The number of aromatic hydroxyl groups is 1. The van der Waals surface area contributed by atoms with E-state index in [4.69, 9.17) is 0 Å². The van der Waals surface area contributed by atoms with Crippen LogP contribution in [0.2, 0.25) is 0 Å². The van der Waals surface area contributed by atoms with Gasteiger partial charge in [-0.15, -0.1) is 0 Å². The van der Waals surface area contributed by atoms with Crippen LogP contribution in [0, 0.1) is 6.92 Å². The number of nitrogens with zero attached hydrogens (tertiary/aromatic N) is 1. The molecule has 0 atom stereocenters. The molecule has 2 N–H and O–H groups in total. The number of pyridine rings is 1. The Kier molecular flexibility index (Phi) is 3.28. The average Bonchev–Trinajstić information content (AvgIpc) is 2.41. The fourth-order valence-electron chi connectivity index (χ4n) is 1.65. The van der Waals surface area contributed by atoms with E-state index < -0.39 is 0 Å². The molecule has 0 saturated carbocycles. The molecule has 1 aromatic heterocycles. The zero-order valence-corrected chi connectivity index (χ0v) is 10.3. The minimum absolute atomic E-state index is 0.114. The summed E-state index contributed by atoms with van der Waals surface area (Å²) in [5, 5.41) is 12.0. The van der Waals surface area contributed by atoms with E-state index in [1.807, 2.05) is 12.1 Å². The number of aryl methyl sites for hydroxylation is 1. The van der Waals surface area contributed by atoms with Gasteiger partial charge in [0.15, 0.2) is 0 Å². The molecule has 0 aliphatic heterocycles. The highest BCUT2D eigenvalue weighted by molar-refractivity contribution is 5.94. The van der Waals surface area contributed by atoms with Crippen LogP contribution in [0.1, 0.15) is 16.1 Å². The number of carbonyl (C=O) groups excluding carboxylic acids is 1. The highest BCUT2D eigenvalue weighted by atomic mass is 16.3. The van der Waals surface area contributed by atoms with Crippen LogP contribution in [-0.2, 0) is 0 Å². The largest absolute Gasteiger partial charge is 0.506 e. The standard InChI is InChI=1S/C14H14N2O2/c1-9-13(17)8-7-12(16-9)10-3-5-11(6-4-10)14(18)15-2/h3-8,17H,1-2H3,(H,15,18). The number of benzene rings is 1. The second-order valence-electron chi connectivity index (χ2n) is 3.96. The summed E-state index contributed by atoms with van der Waals surface area (Å²) >= 11 is 0.